The molecular weight excluding hydrogens is 346 g/mol. The van der Waals surface area contributed by atoms with E-state index in [1.54, 1.807) is 11.2 Å². The summed E-state index contributed by atoms with van der Waals surface area (Å²) in [7, 11) is 0. The molecule has 2 heterocycles. The summed E-state index contributed by atoms with van der Waals surface area (Å²) in [5.74, 6) is 0.153. The monoisotopic (exact) mass is 363 g/mol. The van der Waals surface area contributed by atoms with Crippen LogP contribution in [-0.4, -0.2) is 38.9 Å². The minimum Gasteiger partial charge on any atom is -0.324 e. The average molecular weight is 363 g/mol. The number of urea groups is 1. The molecule has 0 aliphatic carbocycles. The molecule has 1 aromatic heterocycles. The van der Waals surface area contributed by atoms with E-state index < -0.39 is 4.92 Å². The van der Waals surface area contributed by atoms with Crippen LogP contribution in [-0.2, 0) is 0 Å². The Morgan fingerprint density at radius 1 is 1.15 bits per heavy atom. The molecule has 1 saturated heterocycles. The van der Waals surface area contributed by atoms with Crippen LogP contribution in [0.5, 0.6) is 0 Å². The van der Waals surface area contributed by atoms with Gasteiger partial charge in [-0.25, -0.2) is 14.8 Å². The fraction of sp³-hybridized carbons (Fsp3) is 0.211. The lowest BCUT2D eigenvalue weighted by atomic mass is 10.0. The van der Waals surface area contributed by atoms with Gasteiger partial charge < -0.3 is 10.2 Å². The molecule has 8 nitrogen and oxygen atoms in total. The van der Waals surface area contributed by atoms with Crippen molar-refractivity contribution in [3.05, 3.63) is 70.7 Å². The molecule has 8 heteroatoms. The number of nitro benzene ring substituents is 1. The summed E-state index contributed by atoms with van der Waals surface area (Å²) in [6.07, 6.45) is 2.39. The molecule has 0 radical (unpaired) electrons. The van der Waals surface area contributed by atoms with Crippen molar-refractivity contribution in [1.82, 2.24) is 14.9 Å². The highest BCUT2D eigenvalue weighted by molar-refractivity contribution is 5.90. The van der Waals surface area contributed by atoms with Gasteiger partial charge >= 0.3 is 6.03 Å². The van der Waals surface area contributed by atoms with Gasteiger partial charge in [0.25, 0.3) is 5.69 Å². The molecule has 4 rings (SSSR count). The molecule has 1 unspecified atom stereocenters. The number of nitrogens with zero attached hydrogens (tertiary/aromatic N) is 4. The van der Waals surface area contributed by atoms with E-state index in [-0.39, 0.29) is 17.6 Å². The maximum absolute atomic E-state index is 12.5. The standard InChI is InChI=1S/C19H17N5O3/c25-19(22-14-5-7-15(8-6-14)24(26)27)23-10-9-13(11-23)18-16-3-1-2-4-17(16)20-12-21-18/h1-8,12-13H,9-11H2,(H,22,25). The Morgan fingerprint density at radius 3 is 2.70 bits per heavy atom. The van der Waals surface area contributed by atoms with Crippen LogP contribution < -0.4 is 5.32 Å². The largest absolute Gasteiger partial charge is 0.324 e. The van der Waals surface area contributed by atoms with Crippen LogP contribution in [0, 0.1) is 10.1 Å². The lowest BCUT2D eigenvalue weighted by Crippen LogP contribution is -2.32. The number of nitro groups is 1. The van der Waals surface area contributed by atoms with Crippen molar-refractivity contribution in [3.63, 3.8) is 0 Å². The van der Waals surface area contributed by atoms with Gasteiger partial charge in [0, 0.05) is 42.2 Å². The zero-order valence-corrected chi connectivity index (χ0v) is 14.4. The van der Waals surface area contributed by atoms with Crippen molar-refractivity contribution in [2.45, 2.75) is 12.3 Å². The van der Waals surface area contributed by atoms with Crippen LogP contribution in [0.4, 0.5) is 16.2 Å². The van der Waals surface area contributed by atoms with Gasteiger partial charge in [-0.2, -0.15) is 0 Å². The number of aromatic nitrogens is 2. The van der Waals surface area contributed by atoms with Crippen LogP contribution in [0.2, 0.25) is 0 Å². The van der Waals surface area contributed by atoms with Gasteiger partial charge in [-0.05, 0) is 24.6 Å². The summed E-state index contributed by atoms with van der Waals surface area (Å²) < 4.78 is 0. The van der Waals surface area contributed by atoms with E-state index in [0.717, 1.165) is 23.0 Å². The van der Waals surface area contributed by atoms with Crippen LogP contribution >= 0.6 is 0 Å². The zero-order chi connectivity index (χ0) is 18.8. The third kappa shape index (κ3) is 3.41. The minimum absolute atomic E-state index is 0.00937. The molecule has 1 N–H and O–H groups in total. The summed E-state index contributed by atoms with van der Waals surface area (Å²) in [6, 6.07) is 13.4. The third-order valence-corrected chi connectivity index (χ3v) is 4.77. The highest BCUT2D eigenvalue weighted by atomic mass is 16.6. The molecule has 27 heavy (non-hydrogen) atoms. The van der Waals surface area contributed by atoms with Crippen LogP contribution in [0.3, 0.4) is 0 Å². The number of carbonyl (C=O) groups excluding carboxylic acids is 1. The maximum atomic E-state index is 12.5. The van der Waals surface area contributed by atoms with E-state index in [2.05, 4.69) is 15.3 Å². The number of benzene rings is 2. The Balaban J connectivity index is 1.46. The number of carbonyl (C=O) groups is 1. The molecule has 3 aromatic rings. The quantitative estimate of drug-likeness (QED) is 0.566. The summed E-state index contributed by atoms with van der Waals surface area (Å²) in [4.78, 5) is 33.2. The highest BCUT2D eigenvalue weighted by Crippen LogP contribution is 2.30. The van der Waals surface area contributed by atoms with Crippen LogP contribution in [0.15, 0.2) is 54.9 Å². The minimum atomic E-state index is -0.470. The molecule has 1 fully saturated rings. The van der Waals surface area contributed by atoms with Crippen LogP contribution in [0.1, 0.15) is 18.0 Å². The molecule has 0 spiro atoms. The van der Waals surface area contributed by atoms with Crippen molar-refractivity contribution in [2.24, 2.45) is 0 Å². The van der Waals surface area contributed by atoms with Gasteiger partial charge in [0.2, 0.25) is 0 Å². The molecule has 0 saturated carbocycles. The molecule has 1 aliphatic heterocycles. The first kappa shape index (κ1) is 16.9. The SMILES string of the molecule is O=C(Nc1ccc([N+](=O)[O-])cc1)N1CCC(c2ncnc3ccccc23)C1. The van der Waals surface area contributed by atoms with E-state index >= 15 is 0 Å². The van der Waals surface area contributed by atoms with E-state index in [9.17, 15) is 14.9 Å². The number of hydrogen-bond donors (Lipinski definition) is 1. The fourth-order valence-corrected chi connectivity index (χ4v) is 3.39. The summed E-state index contributed by atoms with van der Waals surface area (Å²) in [6.45, 7) is 1.20. The van der Waals surface area contributed by atoms with Crippen molar-refractivity contribution >= 4 is 28.3 Å². The number of likely N-dealkylation sites (tertiary alicyclic amines) is 1. The Morgan fingerprint density at radius 2 is 1.93 bits per heavy atom. The van der Waals surface area contributed by atoms with Crippen molar-refractivity contribution < 1.29 is 9.72 Å². The molecule has 136 valence electrons. The Kier molecular flexibility index (Phi) is 4.37. The van der Waals surface area contributed by atoms with Gasteiger partial charge in [0.15, 0.2) is 0 Å². The van der Waals surface area contributed by atoms with Gasteiger partial charge in [0.1, 0.15) is 6.33 Å². The second-order valence-electron chi connectivity index (χ2n) is 6.44. The zero-order valence-electron chi connectivity index (χ0n) is 14.4. The summed E-state index contributed by atoms with van der Waals surface area (Å²) in [5, 5.41) is 14.5. The number of non-ortho nitro benzene ring substituents is 1. The Bertz CT molecular complexity index is 1000. The number of fused-ring (bicyclic) bond motifs is 1. The van der Waals surface area contributed by atoms with Gasteiger partial charge in [-0.3, -0.25) is 10.1 Å². The first-order valence-corrected chi connectivity index (χ1v) is 8.62. The first-order valence-electron chi connectivity index (χ1n) is 8.62. The Labute approximate surface area is 155 Å². The number of anilines is 1. The predicted molar refractivity (Wildman–Crippen MR) is 101 cm³/mol. The van der Waals surface area contributed by atoms with E-state index in [1.165, 1.54) is 24.3 Å². The van der Waals surface area contributed by atoms with Crippen molar-refractivity contribution in [1.29, 1.82) is 0 Å². The average Bonchev–Trinajstić information content (AvgIpc) is 3.18. The fourth-order valence-electron chi connectivity index (χ4n) is 3.39. The van der Waals surface area contributed by atoms with E-state index in [1.807, 2.05) is 24.3 Å². The van der Waals surface area contributed by atoms with Crippen molar-refractivity contribution in [2.75, 3.05) is 18.4 Å². The molecule has 2 amide bonds. The maximum Gasteiger partial charge on any atom is 0.321 e. The Hall–Kier alpha value is -3.55. The van der Waals surface area contributed by atoms with Gasteiger partial charge in [0.05, 0.1) is 16.1 Å². The molecule has 2 aromatic carbocycles. The van der Waals surface area contributed by atoms with Crippen molar-refractivity contribution in [3.8, 4) is 0 Å². The second kappa shape index (κ2) is 6.99. The lowest BCUT2D eigenvalue weighted by Gasteiger charge is -2.17. The third-order valence-electron chi connectivity index (χ3n) is 4.77. The molecular formula is C19H17N5O3. The molecule has 1 aliphatic rings. The number of para-hydroxylation sites is 1. The lowest BCUT2D eigenvalue weighted by molar-refractivity contribution is -0.384. The summed E-state index contributed by atoms with van der Waals surface area (Å²) >= 11 is 0. The first-order chi connectivity index (χ1) is 13.1. The van der Waals surface area contributed by atoms with Gasteiger partial charge in [-0.15, -0.1) is 0 Å². The number of hydrogen-bond acceptors (Lipinski definition) is 5. The normalized spacial score (nSPS) is 16.4. The van der Waals surface area contributed by atoms with Crippen LogP contribution in [0.25, 0.3) is 10.9 Å². The highest BCUT2D eigenvalue weighted by Gasteiger charge is 2.29. The number of amides is 2. The number of nitrogens with one attached hydrogen (secondary N) is 1. The molecule has 0 bridgehead atoms. The predicted octanol–water partition coefficient (Wildman–Crippen LogP) is 3.56. The van der Waals surface area contributed by atoms with Gasteiger partial charge in [-0.1, -0.05) is 18.2 Å². The van der Waals surface area contributed by atoms with E-state index in [0.29, 0.717) is 18.8 Å². The number of rotatable bonds is 3. The van der Waals surface area contributed by atoms with E-state index in [4.69, 9.17) is 0 Å². The smallest absolute Gasteiger partial charge is 0.321 e. The second-order valence-corrected chi connectivity index (χ2v) is 6.44. The topological polar surface area (TPSA) is 101 Å². The summed E-state index contributed by atoms with van der Waals surface area (Å²) in [5.41, 5.74) is 2.38. The molecule has 1 atom stereocenters.